The molecule has 1 aliphatic rings. The topological polar surface area (TPSA) is 95.5 Å². The second kappa shape index (κ2) is 6.33. The summed E-state index contributed by atoms with van der Waals surface area (Å²) in [7, 11) is 0. The second-order valence-electron chi connectivity index (χ2n) is 5.25. The van der Waals surface area contributed by atoms with Gasteiger partial charge in [-0.1, -0.05) is 23.7 Å². The van der Waals surface area contributed by atoms with Crippen LogP contribution in [0.5, 0.6) is 0 Å². The van der Waals surface area contributed by atoms with Crippen molar-refractivity contribution in [3.05, 3.63) is 64.2 Å². The minimum atomic E-state index is -1.30. The molecule has 1 atom stereocenters. The average Bonchev–Trinajstić information content (AvgIpc) is 2.54. The Morgan fingerprint density at radius 1 is 1.17 bits per heavy atom. The van der Waals surface area contributed by atoms with Gasteiger partial charge in [-0.15, -0.1) is 0 Å². The molecule has 0 saturated carbocycles. The number of amides is 1. The molecule has 6 nitrogen and oxygen atoms in total. The molecule has 2 aromatic carbocycles. The molecular weight excluding hydrogens is 334 g/mol. The number of esters is 1. The number of anilines is 1. The molecule has 0 aromatic heterocycles. The molecule has 1 amide bonds. The molecule has 122 valence electrons. The van der Waals surface area contributed by atoms with E-state index in [2.05, 4.69) is 5.32 Å². The first kappa shape index (κ1) is 16.0. The molecule has 0 bridgehead atoms. The maximum atomic E-state index is 12.3. The highest BCUT2D eigenvalue weighted by molar-refractivity contribution is 6.30. The summed E-state index contributed by atoms with van der Waals surface area (Å²) in [5.74, 6) is -2.39. The van der Waals surface area contributed by atoms with E-state index >= 15 is 0 Å². The van der Waals surface area contributed by atoms with Crippen LogP contribution in [-0.4, -0.2) is 23.9 Å². The number of carboxylic acids is 1. The number of benzene rings is 2. The molecular formula is C17H11ClNO5-. The molecule has 24 heavy (non-hydrogen) atoms. The Bertz CT molecular complexity index is 831. The highest BCUT2D eigenvalue weighted by Crippen LogP contribution is 2.24. The minimum absolute atomic E-state index is 0.000613. The van der Waals surface area contributed by atoms with Crippen molar-refractivity contribution in [2.75, 3.05) is 5.32 Å². The van der Waals surface area contributed by atoms with Gasteiger partial charge in [0.15, 0.2) is 6.10 Å². The lowest BCUT2D eigenvalue weighted by Crippen LogP contribution is -2.38. The van der Waals surface area contributed by atoms with E-state index in [0.717, 1.165) is 0 Å². The molecule has 0 aliphatic carbocycles. The number of rotatable bonds is 3. The van der Waals surface area contributed by atoms with Gasteiger partial charge in [-0.3, -0.25) is 4.79 Å². The second-order valence-corrected chi connectivity index (χ2v) is 5.69. The van der Waals surface area contributed by atoms with Crippen LogP contribution in [0.1, 0.15) is 26.3 Å². The number of hydrogen-bond acceptors (Lipinski definition) is 5. The van der Waals surface area contributed by atoms with Crippen LogP contribution in [0.15, 0.2) is 42.5 Å². The third-order valence-electron chi connectivity index (χ3n) is 3.62. The van der Waals surface area contributed by atoms with Gasteiger partial charge in [0.05, 0.1) is 11.5 Å². The number of halogens is 1. The highest BCUT2D eigenvalue weighted by atomic mass is 35.5. The Kier molecular flexibility index (Phi) is 4.22. The summed E-state index contributed by atoms with van der Waals surface area (Å²) >= 11 is 5.92. The summed E-state index contributed by atoms with van der Waals surface area (Å²) in [5.41, 5.74) is 1.42. The van der Waals surface area contributed by atoms with Crippen LogP contribution in [0, 0.1) is 0 Å². The lowest BCUT2D eigenvalue weighted by Gasteiger charge is -2.24. The number of carbonyl (C=O) groups excluding carboxylic acids is 3. The quantitative estimate of drug-likeness (QED) is 0.850. The van der Waals surface area contributed by atoms with Crippen LogP contribution >= 0.6 is 11.6 Å². The van der Waals surface area contributed by atoms with E-state index in [4.69, 9.17) is 16.3 Å². The molecule has 0 spiro atoms. The Morgan fingerprint density at radius 2 is 1.88 bits per heavy atom. The van der Waals surface area contributed by atoms with Gasteiger partial charge < -0.3 is 20.0 Å². The summed E-state index contributed by atoms with van der Waals surface area (Å²) < 4.78 is 5.15. The Balaban J connectivity index is 1.74. The van der Waals surface area contributed by atoms with Gasteiger partial charge in [-0.05, 0) is 41.5 Å². The van der Waals surface area contributed by atoms with Crippen LogP contribution < -0.4 is 10.4 Å². The first-order valence-corrected chi connectivity index (χ1v) is 7.43. The fourth-order valence-corrected chi connectivity index (χ4v) is 2.62. The third-order valence-corrected chi connectivity index (χ3v) is 3.86. The largest absolute Gasteiger partial charge is 0.545 e. The predicted molar refractivity (Wildman–Crippen MR) is 83.8 cm³/mol. The fourth-order valence-electron chi connectivity index (χ4n) is 2.42. The van der Waals surface area contributed by atoms with E-state index < -0.39 is 23.9 Å². The van der Waals surface area contributed by atoms with Gasteiger partial charge >= 0.3 is 5.97 Å². The van der Waals surface area contributed by atoms with Crippen molar-refractivity contribution in [1.82, 2.24) is 0 Å². The Morgan fingerprint density at radius 3 is 2.54 bits per heavy atom. The maximum absolute atomic E-state index is 12.3. The maximum Gasteiger partial charge on any atom is 0.339 e. The lowest BCUT2D eigenvalue weighted by molar-refractivity contribution is -0.255. The normalized spacial score (nSPS) is 16.0. The van der Waals surface area contributed by atoms with E-state index in [0.29, 0.717) is 21.8 Å². The zero-order chi connectivity index (χ0) is 17.3. The molecule has 2 aromatic rings. The number of hydrogen-bond donors (Lipinski definition) is 1. The molecule has 0 unspecified atom stereocenters. The van der Waals surface area contributed by atoms with Gasteiger partial charge in [0, 0.05) is 17.1 Å². The lowest BCUT2D eigenvalue weighted by atomic mass is 9.98. The van der Waals surface area contributed by atoms with Gasteiger partial charge in [-0.2, -0.15) is 0 Å². The van der Waals surface area contributed by atoms with E-state index in [1.165, 1.54) is 24.3 Å². The molecule has 1 heterocycles. The molecule has 1 aliphatic heterocycles. The monoisotopic (exact) mass is 344 g/mol. The first-order valence-electron chi connectivity index (χ1n) is 7.06. The average molecular weight is 345 g/mol. The van der Waals surface area contributed by atoms with E-state index in [1.54, 1.807) is 18.2 Å². The molecule has 0 saturated heterocycles. The van der Waals surface area contributed by atoms with Crippen LogP contribution in [0.3, 0.4) is 0 Å². The number of ether oxygens (including phenoxy) is 1. The summed E-state index contributed by atoms with van der Waals surface area (Å²) in [5, 5.41) is 13.7. The van der Waals surface area contributed by atoms with Crippen molar-refractivity contribution in [3.63, 3.8) is 0 Å². The third kappa shape index (κ3) is 3.23. The smallest absolute Gasteiger partial charge is 0.339 e. The zero-order valence-electron chi connectivity index (χ0n) is 12.2. The van der Waals surface area contributed by atoms with Crippen LogP contribution in [0.25, 0.3) is 0 Å². The molecule has 1 N–H and O–H groups in total. The number of fused-ring (bicyclic) bond motifs is 1. The van der Waals surface area contributed by atoms with Gasteiger partial charge in [0.25, 0.3) is 5.91 Å². The van der Waals surface area contributed by atoms with Crippen molar-refractivity contribution in [2.24, 2.45) is 0 Å². The SMILES string of the molecule is O=C([O-])c1ccc(NC(=O)[C@H]2Cc3cc(Cl)ccc3C(=O)O2)cc1. The van der Waals surface area contributed by atoms with Crippen molar-refractivity contribution in [1.29, 1.82) is 0 Å². The molecule has 7 heteroatoms. The molecule has 3 rings (SSSR count). The zero-order valence-corrected chi connectivity index (χ0v) is 13.0. The summed E-state index contributed by atoms with van der Waals surface area (Å²) in [6.07, 6.45) is -0.769. The fraction of sp³-hybridized carbons (Fsp3) is 0.118. The van der Waals surface area contributed by atoms with Crippen molar-refractivity contribution in [2.45, 2.75) is 12.5 Å². The van der Waals surface area contributed by atoms with E-state index in [9.17, 15) is 19.5 Å². The van der Waals surface area contributed by atoms with Gasteiger partial charge in [0.2, 0.25) is 0 Å². The first-order chi connectivity index (χ1) is 11.4. The van der Waals surface area contributed by atoms with Gasteiger partial charge in [-0.25, -0.2) is 4.79 Å². The van der Waals surface area contributed by atoms with Gasteiger partial charge in [0.1, 0.15) is 0 Å². The number of carbonyl (C=O) groups is 3. The van der Waals surface area contributed by atoms with E-state index in [1.807, 2.05) is 0 Å². The van der Waals surface area contributed by atoms with Crippen molar-refractivity contribution in [3.8, 4) is 0 Å². The number of cyclic esters (lactones) is 1. The van der Waals surface area contributed by atoms with Crippen molar-refractivity contribution >= 4 is 35.1 Å². The summed E-state index contributed by atoms with van der Waals surface area (Å²) in [6, 6.07) is 10.3. The number of aromatic carboxylic acids is 1. The van der Waals surface area contributed by atoms with Crippen molar-refractivity contribution < 1.29 is 24.2 Å². The molecule has 0 fully saturated rings. The number of carboxylic acid groups (broad SMARTS) is 1. The summed E-state index contributed by atoms with van der Waals surface area (Å²) in [6.45, 7) is 0. The van der Waals surface area contributed by atoms with E-state index in [-0.39, 0.29) is 12.0 Å². The standard InChI is InChI=1S/C17H12ClNO5/c18-11-3-6-13-10(7-11)8-14(24-17(13)23)15(20)19-12-4-1-9(2-5-12)16(21)22/h1-7,14H,8H2,(H,19,20)(H,21,22)/p-1/t14-/m1/s1. The predicted octanol–water partition coefficient (Wildman–Crippen LogP) is 1.42. The minimum Gasteiger partial charge on any atom is -0.545 e. The van der Waals surface area contributed by atoms with Crippen LogP contribution in [0.4, 0.5) is 5.69 Å². The Hall–Kier alpha value is -2.86. The van der Waals surface area contributed by atoms with Crippen LogP contribution in [0.2, 0.25) is 5.02 Å². The summed E-state index contributed by atoms with van der Waals surface area (Å²) in [4.78, 5) is 34.9. The van der Waals surface area contributed by atoms with Crippen LogP contribution in [-0.2, 0) is 16.0 Å². The Labute approximate surface area is 142 Å². The highest BCUT2D eigenvalue weighted by Gasteiger charge is 2.31. The number of nitrogens with one attached hydrogen (secondary N) is 1. The molecule has 0 radical (unpaired) electrons.